The molecular weight excluding hydrogens is 404 g/mol. The van der Waals surface area contributed by atoms with Crippen LogP contribution in [0.25, 0.3) is 5.65 Å². The van der Waals surface area contributed by atoms with E-state index in [4.69, 9.17) is 0 Å². The van der Waals surface area contributed by atoms with Gasteiger partial charge >= 0.3 is 0 Å². The molecule has 3 atom stereocenters. The van der Waals surface area contributed by atoms with E-state index < -0.39 is 17.7 Å². The number of aliphatic hydroxyl groups excluding tert-OH is 1. The maximum atomic E-state index is 14.4. The maximum Gasteiger partial charge on any atom is 0.227 e. The number of nitrogens with zero attached hydrogens (tertiary/aromatic N) is 4. The molecule has 162 valence electrons. The van der Waals surface area contributed by atoms with Crippen LogP contribution in [0.4, 0.5) is 20.3 Å². The first-order chi connectivity index (χ1) is 15.0. The Kier molecular flexibility index (Phi) is 5.05. The SMILES string of the molecule is O=C(Nc1cnn2ccc(N3CCCC3c3cc(F)ccc3F)nc12)[C@H]1CC[C@H](O)C1. The number of nitrogens with one attached hydrogen (secondary N) is 1. The summed E-state index contributed by atoms with van der Waals surface area (Å²) in [6, 6.07) is 4.99. The van der Waals surface area contributed by atoms with Crippen molar-refractivity contribution < 1.29 is 18.7 Å². The first-order valence-corrected chi connectivity index (χ1v) is 10.5. The molecule has 3 heterocycles. The molecule has 0 bridgehead atoms. The molecule has 1 aliphatic carbocycles. The quantitative estimate of drug-likeness (QED) is 0.667. The van der Waals surface area contributed by atoms with Crippen LogP contribution in [0.2, 0.25) is 0 Å². The topological polar surface area (TPSA) is 82.8 Å². The van der Waals surface area contributed by atoms with Gasteiger partial charge in [-0.15, -0.1) is 0 Å². The standard InChI is InChI=1S/C22H23F2N5O2/c23-14-4-6-17(24)16(11-14)19-2-1-8-28(19)20-7-9-29-21(27-20)18(12-25-29)26-22(31)13-3-5-15(30)10-13/h4,6-7,9,11-13,15,19,30H,1-3,5,8,10H2,(H,26,31)/t13-,15-,19?/m0/s1. The van der Waals surface area contributed by atoms with Gasteiger partial charge in [-0.3, -0.25) is 4.79 Å². The van der Waals surface area contributed by atoms with E-state index in [0.717, 1.165) is 18.6 Å². The minimum atomic E-state index is -0.468. The number of hydrogen-bond donors (Lipinski definition) is 2. The van der Waals surface area contributed by atoms with Crippen LogP contribution in [-0.4, -0.2) is 38.3 Å². The average molecular weight is 427 g/mol. The predicted octanol–water partition coefficient (Wildman–Crippen LogP) is 3.45. The molecule has 7 nitrogen and oxygen atoms in total. The Labute approximate surface area is 177 Å². The molecule has 1 aromatic carbocycles. The first kappa shape index (κ1) is 19.9. The number of aromatic nitrogens is 3. The molecule has 0 spiro atoms. The minimum absolute atomic E-state index is 0.153. The van der Waals surface area contributed by atoms with E-state index in [1.165, 1.54) is 6.07 Å². The number of amides is 1. The van der Waals surface area contributed by atoms with E-state index in [-0.39, 0.29) is 17.9 Å². The van der Waals surface area contributed by atoms with E-state index in [1.54, 1.807) is 23.0 Å². The van der Waals surface area contributed by atoms with Gasteiger partial charge in [-0.25, -0.2) is 18.3 Å². The van der Waals surface area contributed by atoms with Crippen molar-refractivity contribution >= 4 is 23.1 Å². The number of benzene rings is 1. The van der Waals surface area contributed by atoms with Gasteiger partial charge in [0.2, 0.25) is 5.91 Å². The summed E-state index contributed by atoms with van der Waals surface area (Å²) < 4.78 is 29.7. The Morgan fingerprint density at radius 1 is 1.19 bits per heavy atom. The maximum absolute atomic E-state index is 14.4. The van der Waals surface area contributed by atoms with Crippen molar-refractivity contribution in [2.45, 2.75) is 44.2 Å². The summed E-state index contributed by atoms with van der Waals surface area (Å²) in [5.41, 5.74) is 1.29. The van der Waals surface area contributed by atoms with Crippen molar-refractivity contribution in [2.75, 3.05) is 16.8 Å². The zero-order valence-corrected chi connectivity index (χ0v) is 16.8. The van der Waals surface area contributed by atoms with Gasteiger partial charge in [0.25, 0.3) is 0 Å². The lowest BCUT2D eigenvalue weighted by molar-refractivity contribution is -0.119. The highest BCUT2D eigenvalue weighted by Crippen LogP contribution is 2.37. The average Bonchev–Trinajstić information content (AvgIpc) is 3.49. The van der Waals surface area contributed by atoms with E-state index in [0.29, 0.717) is 54.9 Å². The summed E-state index contributed by atoms with van der Waals surface area (Å²) in [7, 11) is 0. The number of aliphatic hydroxyl groups is 1. The molecule has 2 N–H and O–H groups in total. The van der Waals surface area contributed by atoms with Gasteiger partial charge in [0.15, 0.2) is 5.65 Å². The van der Waals surface area contributed by atoms with Crippen molar-refractivity contribution in [3.05, 3.63) is 53.9 Å². The van der Waals surface area contributed by atoms with Gasteiger partial charge in [0.1, 0.15) is 23.1 Å². The molecular formula is C22H23F2N5O2. The summed E-state index contributed by atoms with van der Waals surface area (Å²) >= 11 is 0. The Morgan fingerprint density at radius 2 is 2.06 bits per heavy atom. The highest BCUT2D eigenvalue weighted by atomic mass is 19.1. The number of anilines is 2. The summed E-state index contributed by atoms with van der Waals surface area (Å²) in [4.78, 5) is 19.2. The largest absolute Gasteiger partial charge is 0.393 e. The molecule has 3 aromatic rings. The van der Waals surface area contributed by atoms with Crippen molar-refractivity contribution in [1.82, 2.24) is 14.6 Å². The van der Waals surface area contributed by atoms with Crippen molar-refractivity contribution in [3.63, 3.8) is 0 Å². The lowest BCUT2D eigenvalue weighted by Gasteiger charge is -2.26. The number of halogens is 2. The van der Waals surface area contributed by atoms with Crippen LogP contribution in [0.3, 0.4) is 0 Å². The molecule has 1 saturated carbocycles. The van der Waals surface area contributed by atoms with E-state index >= 15 is 0 Å². The van der Waals surface area contributed by atoms with Gasteiger partial charge in [0, 0.05) is 24.2 Å². The molecule has 1 saturated heterocycles. The molecule has 2 aromatic heterocycles. The van der Waals surface area contributed by atoms with Crippen LogP contribution in [-0.2, 0) is 4.79 Å². The molecule has 0 radical (unpaired) electrons. The molecule has 1 amide bonds. The van der Waals surface area contributed by atoms with E-state index in [1.807, 2.05) is 4.90 Å². The Bertz CT molecular complexity index is 1130. The Morgan fingerprint density at radius 3 is 2.87 bits per heavy atom. The third kappa shape index (κ3) is 3.74. The highest BCUT2D eigenvalue weighted by molar-refractivity contribution is 5.95. The number of carbonyl (C=O) groups excluding carboxylic acids is 1. The second-order valence-electron chi connectivity index (χ2n) is 8.28. The molecule has 1 unspecified atom stereocenters. The van der Waals surface area contributed by atoms with Crippen LogP contribution in [0.5, 0.6) is 0 Å². The van der Waals surface area contributed by atoms with Crippen molar-refractivity contribution in [3.8, 4) is 0 Å². The summed E-state index contributed by atoms with van der Waals surface area (Å²) in [6.45, 7) is 0.666. The summed E-state index contributed by atoms with van der Waals surface area (Å²) in [5.74, 6) is -0.669. The number of carbonyl (C=O) groups is 1. The van der Waals surface area contributed by atoms with Crippen LogP contribution >= 0.6 is 0 Å². The second kappa shape index (κ2) is 7.88. The Hall–Kier alpha value is -3.07. The second-order valence-corrected chi connectivity index (χ2v) is 8.28. The third-order valence-electron chi connectivity index (χ3n) is 6.25. The summed E-state index contributed by atoms with van der Waals surface area (Å²) in [6.07, 6.45) is 6.12. The van der Waals surface area contributed by atoms with Crippen LogP contribution < -0.4 is 10.2 Å². The van der Waals surface area contributed by atoms with E-state index in [9.17, 15) is 18.7 Å². The molecule has 2 aliphatic rings. The molecule has 1 aliphatic heterocycles. The first-order valence-electron chi connectivity index (χ1n) is 10.5. The zero-order valence-electron chi connectivity index (χ0n) is 16.8. The number of fused-ring (bicyclic) bond motifs is 1. The highest BCUT2D eigenvalue weighted by Gasteiger charge is 2.31. The van der Waals surface area contributed by atoms with Crippen molar-refractivity contribution in [2.24, 2.45) is 5.92 Å². The zero-order chi connectivity index (χ0) is 21.5. The Balaban J connectivity index is 1.43. The molecule has 5 rings (SSSR count). The number of rotatable bonds is 4. The van der Waals surface area contributed by atoms with E-state index in [2.05, 4.69) is 15.4 Å². The predicted molar refractivity (Wildman–Crippen MR) is 111 cm³/mol. The molecule has 2 fully saturated rings. The minimum Gasteiger partial charge on any atom is -0.393 e. The van der Waals surface area contributed by atoms with Crippen LogP contribution in [0, 0.1) is 17.6 Å². The third-order valence-corrected chi connectivity index (χ3v) is 6.25. The summed E-state index contributed by atoms with van der Waals surface area (Å²) in [5, 5.41) is 16.8. The molecule has 9 heteroatoms. The van der Waals surface area contributed by atoms with Gasteiger partial charge < -0.3 is 15.3 Å². The smallest absolute Gasteiger partial charge is 0.227 e. The van der Waals surface area contributed by atoms with Gasteiger partial charge in [-0.2, -0.15) is 5.10 Å². The van der Waals surface area contributed by atoms with Crippen molar-refractivity contribution in [1.29, 1.82) is 0 Å². The van der Waals surface area contributed by atoms with Gasteiger partial charge in [0.05, 0.1) is 18.3 Å². The monoisotopic (exact) mass is 427 g/mol. The lowest BCUT2D eigenvalue weighted by atomic mass is 10.0. The van der Waals surface area contributed by atoms with Gasteiger partial charge in [-0.05, 0) is 56.4 Å². The molecule has 31 heavy (non-hydrogen) atoms. The van der Waals surface area contributed by atoms with Crippen LogP contribution in [0.1, 0.15) is 43.7 Å². The fourth-order valence-electron chi connectivity index (χ4n) is 4.67. The fourth-order valence-corrected chi connectivity index (χ4v) is 4.67. The van der Waals surface area contributed by atoms with Gasteiger partial charge in [-0.1, -0.05) is 0 Å². The normalized spacial score (nSPS) is 23.6. The lowest BCUT2D eigenvalue weighted by Crippen LogP contribution is -2.25. The number of hydrogen-bond acceptors (Lipinski definition) is 5. The van der Waals surface area contributed by atoms with Crippen LogP contribution in [0.15, 0.2) is 36.7 Å². The fraction of sp³-hybridized carbons (Fsp3) is 0.409.